The van der Waals surface area contributed by atoms with Crippen molar-refractivity contribution in [1.29, 1.82) is 0 Å². The second-order valence-electron chi connectivity index (χ2n) is 5.33. The van der Waals surface area contributed by atoms with Gasteiger partial charge in [0.25, 0.3) is 0 Å². The summed E-state index contributed by atoms with van der Waals surface area (Å²) in [5.74, 6) is 2.66. The van der Waals surface area contributed by atoms with Crippen LogP contribution < -0.4 is 5.32 Å². The molecule has 88 valence electrons. The molecule has 0 spiro atoms. The number of ether oxygens (including phenoxy) is 1. The predicted octanol–water partition coefficient (Wildman–Crippen LogP) is 2.44. The van der Waals surface area contributed by atoms with Gasteiger partial charge >= 0.3 is 0 Å². The number of rotatable bonds is 5. The Balaban J connectivity index is 1.85. The van der Waals surface area contributed by atoms with Crippen LogP contribution in [0, 0.1) is 17.8 Å². The van der Waals surface area contributed by atoms with Crippen LogP contribution in [0.15, 0.2) is 0 Å². The van der Waals surface area contributed by atoms with Crippen molar-refractivity contribution in [3.8, 4) is 0 Å². The topological polar surface area (TPSA) is 21.3 Å². The van der Waals surface area contributed by atoms with Crippen LogP contribution in [0.2, 0.25) is 0 Å². The van der Waals surface area contributed by atoms with Crippen LogP contribution in [-0.4, -0.2) is 25.8 Å². The molecule has 1 saturated carbocycles. The largest absolute Gasteiger partial charge is 0.381 e. The molecule has 1 N–H and O–H groups in total. The van der Waals surface area contributed by atoms with Crippen molar-refractivity contribution in [2.24, 2.45) is 17.8 Å². The van der Waals surface area contributed by atoms with E-state index in [1.807, 2.05) is 0 Å². The minimum Gasteiger partial charge on any atom is -0.381 e. The maximum absolute atomic E-state index is 5.62. The third-order valence-electron chi connectivity index (χ3n) is 3.97. The standard InChI is InChI=1S/C13H25NO/c1-3-6-14-13(12-8-10(12)2)11-5-4-7-15-9-11/h10-14H,3-9H2,1-2H3. The molecule has 1 aliphatic heterocycles. The molecule has 1 heterocycles. The molecule has 15 heavy (non-hydrogen) atoms. The first-order chi connectivity index (χ1) is 7.33. The monoisotopic (exact) mass is 211 g/mol. The van der Waals surface area contributed by atoms with E-state index < -0.39 is 0 Å². The lowest BCUT2D eigenvalue weighted by Crippen LogP contribution is -2.42. The molecule has 1 aliphatic carbocycles. The van der Waals surface area contributed by atoms with Crippen LogP contribution in [0.1, 0.15) is 39.5 Å². The minimum atomic E-state index is 0.736. The zero-order valence-corrected chi connectivity index (χ0v) is 10.2. The highest BCUT2D eigenvalue weighted by atomic mass is 16.5. The van der Waals surface area contributed by atoms with E-state index in [1.165, 1.54) is 32.2 Å². The Labute approximate surface area is 93.8 Å². The molecule has 2 fully saturated rings. The van der Waals surface area contributed by atoms with Crippen LogP contribution in [-0.2, 0) is 4.74 Å². The Morgan fingerprint density at radius 3 is 2.80 bits per heavy atom. The van der Waals surface area contributed by atoms with Crippen LogP contribution in [0.25, 0.3) is 0 Å². The minimum absolute atomic E-state index is 0.736. The normalized spacial score (nSPS) is 37.6. The number of nitrogens with one attached hydrogen (secondary N) is 1. The lowest BCUT2D eigenvalue weighted by molar-refractivity contribution is 0.0349. The van der Waals surface area contributed by atoms with E-state index in [0.29, 0.717) is 0 Å². The lowest BCUT2D eigenvalue weighted by Gasteiger charge is -2.31. The molecular weight excluding hydrogens is 186 g/mol. The fourth-order valence-corrected chi connectivity index (χ4v) is 2.88. The molecule has 0 aromatic heterocycles. The molecule has 4 unspecified atom stereocenters. The Kier molecular flexibility index (Phi) is 4.04. The van der Waals surface area contributed by atoms with E-state index in [-0.39, 0.29) is 0 Å². The molecule has 0 bridgehead atoms. The van der Waals surface area contributed by atoms with Gasteiger partial charge in [0.2, 0.25) is 0 Å². The summed E-state index contributed by atoms with van der Waals surface area (Å²) in [5.41, 5.74) is 0. The van der Waals surface area contributed by atoms with E-state index >= 15 is 0 Å². The zero-order chi connectivity index (χ0) is 10.7. The van der Waals surface area contributed by atoms with Crippen molar-refractivity contribution < 1.29 is 4.74 Å². The Hall–Kier alpha value is -0.0800. The van der Waals surface area contributed by atoms with E-state index in [9.17, 15) is 0 Å². The quantitative estimate of drug-likeness (QED) is 0.754. The van der Waals surface area contributed by atoms with Crippen LogP contribution in [0.5, 0.6) is 0 Å². The van der Waals surface area contributed by atoms with E-state index in [0.717, 1.165) is 37.0 Å². The van der Waals surface area contributed by atoms with Crippen LogP contribution >= 0.6 is 0 Å². The molecule has 0 aromatic carbocycles. The van der Waals surface area contributed by atoms with Gasteiger partial charge in [-0.3, -0.25) is 0 Å². The van der Waals surface area contributed by atoms with Gasteiger partial charge in [-0.2, -0.15) is 0 Å². The summed E-state index contributed by atoms with van der Waals surface area (Å²) < 4.78 is 5.62. The maximum Gasteiger partial charge on any atom is 0.0509 e. The highest BCUT2D eigenvalue weighted by Crippen LogP contribution is 2.44. The molecule has 0 amide bonds. The first-order valence-corrected chi connectivity index (χ1v) is 6.64. The van der Waals surface area contributed by atoms with Gasteiger partial charge in [-0.25, -0.2) is 0 Å². The molecular formula is C13H25NO. The smallest absolute Gasteiger partial charge is 0.0509 e. The van der Waals surface area contributed by atoms with Gasteiger partial charge in [0.15, 0.2) is 0 Å². The fourth-order valence-electron chi connectivity index (χ4n) is 2.88. The maximum atomic E-state index is 5.62. The molecule has 1 saturated heterocycles. The van der Waals surface area contributed by atoms with Gasteiger partial charge in [-0.1, -0.05) is 13.8 Å². The summed E-state index contributed by atoms with van der Waals surface area (Å²) in [5, 5.41) is 3.75. The molecule has 0 aromatic rings. The average Bonchev–Trinajstić information content (AvgIpc) is 2.98. The third-order valence-corrected chi connectivity index (χ3v) is 3.97. The van der Waals surface area contributed by atoms with Gasteiger partial charge in [-0.15, -0.1) is 0 Å². The van der Waals surface area contributed by atoms with E-state index in [4.69, 9.17) is 4.74 Å². The van der Waals surface area contributed by atoms with Gasteiger partial charge in [0.05, 0.1) is 6.61 Å². The second kappa shape index (κ2) is 5.31. The molecule has 4 atom stereocenters. The van der Waals surface area contributed by atoms with Crippen molar-refractivity contribution in [3.63, 3.8) is 0 Å². The fraction of sp³-hybridized carbons (Fsp3) is 1.00. The van der Waals surface area contributed by atoms with Crippen molar-refractivity contribution in [2.75, 3.05) is 19.8 Å². The summed E-state index contributed by atoms with van der Waals surface area (Å²) in [7, 11) is 0. The summed E-state index contributed by atoms with van der Waals surface area (Å²) in [6.07, 6.45) is 5.30. The molecule has 2 aliphatic rings. The number of hydrogen-bond acceptors (Lipinski definition) is 2. The Morgan fingerprint density at radius 2 is 2.27 bits per heavy atom. The lowest BCUT2D eigenvalue weighted by atomic mass is 9.89. The van der Waals surface area contributed by atoms with E-state index in [1.54, 1.807) is 0 Å². The van der Waals surface area contributed by atoms with Crippen molar-refractivity contribution in [2.45, 2.75) is 45.6 Å². The zero-order valence-electron chi connectivity index (χ0n) is 10.2. The molecule has 2 rings (SSSR count). The van der Waals surface area contributed by atoms with Crippen molar-refractivity contribution in [3.05, 3.63) is 0 Å². The van der Waals surface area contributed by atoms with Gasteiger partial charge in [0.1, 0.15) is 0 Å². The Bertz CT molecular complexity index is 189. The highest BCUT2D eigenvalue weighted by molar-refractivity contribution is 4.96. The average molecular weight is 211 g/mol. The molecule has 2 nitrogen and oxygen atoms in total. The van der Waals surface area contributed by atoms with Crippen LogP contribution in [0.4, 0.5) is 0 Å². The van der Waals surface area contributed by atoms with Crippen molar-refractivity contribution >= 4 is 0 Å². The van der Waals surface area contributed by atoms with E-state index in [2.05, 4.69) is 19.2 Å². The second-order valence-corrected chi connectivity index (χ2v) is 5.33. The Morgan fingerprint density at radius 1 is 1.47 bits per heavy atom. The molecule has 2 heteroatoms. The summed E-state index contributed by atoms with van der Waals surface area (Å²) >= 11 is 0. The summed E-state index contributed by atoms with van der Waals surface area (Å²) in [6.45, 7) is 7.78. The van der Waals surface area contributed by atoms with Crippen LogP contribution in [0.3, 0.4) is 0 Å². The third kappa shape index (κ3) is 2.94. The van der Waals surface area contributed by atoms with Gasteiger partial charge < -0.3 is 10.1 Å². The first kappa shape index (κ1) is 11.4. The SMILES string of the molecule is CCCNC(C1CCCOC1)C1CC1C. The highest BCUT2D eigenvalue weighted by Gasteiger charge is 2.42. The number of hydrogen-bond donors (Lipinski definition) is 1. The predicted molar refractivity (Wildman–Crippen MR) is 62.9 cm³/mol. The van der Waals surface area contributed by atoms with Crippen molar-refractivity contribution in [1.82, 2.24) is 5.32 Å². The summed E-state index contributed by atoms with van der Waals surface area (Å²) in [4.78, 5) is 0. The molecule has 0 radical (unpaired) electrons. The van der Waals surface area contributed by atoms with Gasteiger partial charge in [0, 0.05) is 12.6 Å². The summed E-state index contributed by atoms with van der Waals surface area (Å²) in [6, 6.07) is 0.736. The van der Waals surface area contributed by atoms with Gasteiger partial charge in [-0.05, 0) is 50.0 Å². The first-order valence-electron chi connectivity index (χ1n) is 6.64.